The molecule has 1 atom stereocenters. The molecule has 9 nitrogen and oxygen atoms in total. The van der Waals surface area contributed by atoms with Gasteiger partial charge in [0.25, 0.3) is 0 Å². The van der Waals surface area contributed by atoms with Crippen molar-refractivity contribution in [2.45, 2.75) is 44.7 Å². The van der Waals surface area contributed by atoms with Gasteiger partial charge < -0.3 is 14.6 Å². The molecule has 0 saturated heterocycles. The first-order valence-corrected chi connectivity index (χ1v) is 11.2. The van der Waals surface area contributed by atoms with E-state index in [0.29, 0.717) is 30.0 Å². The Labute approximate surface area is 175 Å². The molecule has 0 unspecified atom stereocenters. The molecule has 29 heavy (non-hydrogen) atoms. The highest BCUT2D eigenvalue weighted by Crippen LogP contribution is 2.16. The molecule has 1 aromatic carbocycles. The molecule has 1 amide bonds. The van der Waals surface area contributed by atoms with Gasteiger partial charge in [0.15, 0.2) is 4.77 Å². The molecule has 2 aromatic rings. The van der Waals surface area contributed by atoms with Crippen molar-refractivity contribution in [2.24, 2.45) is 5.92 Å². The van der Waals surface area contributed by atoms with Crippen molar-refractivity contribution >= 4 is 28.1 Å². The average molecular weight is 442 g/mol. The van der Waals surface area contributed by atoms with Crippen LogP contribution in [0.2, 0.25) is 0 Å². The van der Waals surface area contributed by atoms with E-state index in [1.165, 1.54) is 19.2 Å². The summed E-state index contributed by atoms with van der Waals surface area (Å²) in [5.41, 5.74) is 0. The van der Waals surface area contributed by atoms with Gasteiger partial charge in [0, 0.05) is 19.5 Å². The summed E-state index contributed by atoms with van der Waals surface area (Å²) in [4.78, 5) is 12.7. The van der Waals surface area contributed by atoms with Crippen LogP contribution in [-0.2, 0) is 27.8 Å². The summed E-state index contributed by atoms with van der Waals surface area (Å²) in [6, 6.07) is 5.07. The number of hydrogen-bond acceptors (Lipinski definition) is 6. The first-order valence-electron chi connectivity index (χ1n) is 9.27. The van der Waals surface area contributed by atoms with E-state index in [9.17, 15) is 13.2 Å². The Balaban J connectivity index is 2.03. The lowest BCUT2D eigenvalue weighted by Gasteiger charge is -2.21. The summed E-state index contributed by atoms with van der Waals surface area (Å²) < 4.78 is 35.3. The predicted molar refractivity (Wildman–Crippen MR) is 112 cm³/mol. The number of carbonyl (C=O) groups is 1. The minimum Gasteiger partial charge on any atom is -0.497 e. The van der Waals surface area contributed by atoms with Crippen LogP contribution in [0.1, 0.15) is 26.6 Å². The Morgan fingerprint density at radius 3 is 2.52 bits per heavy atom. The van der Waals surface area contributed by atoms with Crippen LogP contribution in [-0.4, -0.2) is 48.8 Å². The summed E-state index contributed by atoms with van der Waals surface area (Å²) in [7, 11) is -2.36. The van der Waals surface area contributed by atoms with Gasteiger partial charge in [-0.05, 0) is 49.3 Å². The number of rotatable bonds is 10. The number of aromatic nitrogens is 3. The molecule has 0 fully saturated rings. The van der Waals surface area contributed by atoms with Crippen LogP contribution < -0.4 is 14.8 Å². The lowest BCUT2D eigenvalue weighted by Crippen LogP contribution is -2.50. The molecule has 0 aliphatic heterocycles. The maximum Gasteiger partial charge on any atom is 0.241 e. The minimum atomic E-state index is -3.86. The number of carbonyl (C=O) groups excluding carboxylic acids is 1. The quantitative estimate of drug-likeness (QED) is 0.482. The molecule has 11 heteroatoms. The van der Waals surface area contributed by atoms with Crippen LogP contribution in [0.3, 0.4) is 0 Å². The Kier molecular flexibility index (Phi) is 7.94. The van der Waals surface area contributed by atoms with Gasteiger partial charge in [0.2, 0.25) is 15.9 Å². The van der Waals surface area contributed by atoms with Crippen molar-refractivity contribution < 1.29 is 17.9 Å². The Morgan fingerprint density at radius 1 is 1.31 bits per heavy atom. The first-order chi connectivity index (χ1) is 13.7. The zero-order chi connectivity index (χ0) is 21.6. The summed E-state index contributed by atoms with van der Waals surface area (Å²) in [5, 5.41) is 9.65. The molecule has 1 heterocycles. The molecule has 0 aliphatic rings. The van der Waals surface area contributed by atoms with Gasteiger partial charge in [-0.25, -0.2) is 8.42 Å². The number of ether oxygens (including phenoxy) is 1. The van der Waals surface area contributed by atoms with E-state index in [0.717, 1.165) is 5.82 Å². The number of hydrogen-bond donors (Lipinski definition) is 3. The summed E-state index contributed by atoms with van der Waals surface area (Å²) in [6.45, 7) is 6.50. The topological polar surface area (TPSA) is 118 Å². The highest BCUT2D eigenvalue weighted by Gasteiger charge is 2.28. The second-order valence-corrected chi connectivity index (χ2v) is 8.85. The Hall–Kier alpha value is -2.24. The molecule has 0 radical (unpaired) electrons. The monoisotopic (exact) mass is 441 g/mol. The summed E-state index contributed by atoms with van der Waals surface area (Å²) in [6.07, 6.45) is 0.475. The molecule has 0 aliphatic carbocycles. The maximum atomic E-state index is 12.7. The second-order valence-electron chi connectivity index (χ2n) is 6.75. The van der Waals surface area contributed by atoms with Crippen molar-refractivity contribution in [1.29, 1.82) is 0 Å². The van der Waals surface area contributed by atoms with Gasteiger partial charge in [-0.2, -0.15) is 9.82 Å². The Morgan fingerprint density at radius 2 is 1.97 bits per heavy atom. The minimum absolute atomic E-state index is 0.0650. The lowest BCUT2D eigenvalue weighted by atomic mass is 10.1. The fourth-order valence-electron chi connectivity index (χ4n) is 2.76. The largest absolute Gasteiger partial charge is 0.497 e. The number of aromatic amines is 1. The molecule has 1 aromatic heterocycles. The van der Waals surface area contributed by atoms with Gasteiger partial charge in [0.1, 0.15) is 17.6 Å². The Bertz CT molecular complexity index is 980. The van der Waals surface area contributed by atoms with Gasteiger partial charge in [-0.1, -0.05) is 13.8 Å². The number of nitrogens with one attached hydrogen (secondary N) is 3. The number of benzene rings is 1. The fourth-order valence-corrected chi connectivity index (χ4v) is 4.38. The third-order valence-corrected chi connectivity index (χ3v) is 6.17. The van der Waals surface area contributed by atoms with E-state index < -0.39 is 22.0 Å². The van der Waals surface area contributed by atoms with Crippen LogP contribution in [0.15, 0.2) is 29.2 Å². The van der Waals surface area contributed by atoms with Crippen LogP contribution >= 0.6 is 12.2 Å². The average Bonchev–Trinajstić information content (AvgIpc) is 3.05. The first kappa shape index (κ1) is 23.0. The lowest BCUT2D eigenvalue weighted by molar-refractivity contribution is -0.123. The molecule has 2 rings (SSSR count). The molecule has 0 spiro atoms. The number of nitrogens with zero attached hydrogens (tertiary/aromatic N) is 2. The van der Waals surface area contributed by atoms with Crippen molar-refractivity contribution in [2.75, 3.05) is 13.7 Å². The normalized spacial score (nSPS) is 12.7. The molecule has 0 bridgehead atoms. The second kappa shape index (κ2) is 9.99. The SMILES string of the molecule is CCn1c(CCNC(=O)[C@@H](NS(=O)(=O)c2ccc(OC)cc2)C(C)C)n[nH]c1=S. The van der Waals surface area contributed by atoms with Crippen molar-refractivity contribution in [1.82, 2.24) is 24.8 Å². The van der Waals surface area contributed by atoms with E-state index in [4.69, 9.17) is 17.0 Å². The predicted octanol–water partition coefficient (Wildman–Crippen LogP) is 1.63. The van der Waals surface area contributed by atoms with Crippen LogP contribution in [0.25, 0.3) is 0 Å². The number of H-pyrrole nitrogens is 1. The number of sulfonamides is 1. The third kappa shape index (κ3) is 5.87. The van der Waals surface area contributed by atoms with Crippen molar-refractivity contribution in [3.8, 4) is 5.75 Å². The molecule has 160 valence electrons. The number of amides is 1. The molecule has 0 saturated carbocycles. The van der Waals surface area contributed by atoms with E-state index in [1.807, 2.05) is 11.5 Å². The van der Waals surface area contributed by atoms with Crippen LogP contribution in [0.4, 0.5) is 0 Å². The third-order valence-electron chi connectivity index (χ3n) is 4.40. The van der Waals surface area contributed by atoms with Crippen molar-refractivity contribution in [3.05, 3.63) is 34.9 Å². The van der Waals surface area contributed by atoms with E-state index in [2.05, 4.69) is 20.2 Å². The van der Waals surface area contributed by atoms with Gasteiger partial charge in [-0.3, -0.25) is 9.89 Å². The van der Waals surface area contributed by atoms with E-state index >= 15 is 0 Å². The van der Waals surface area contributed by atoms with Gasteiger partial charge in [-0.15, -0.1) is 0 Å². The van der Waals surface area contributed by atoms with Gasteiger partial charge >= 0.3 is 0 Å². The fraction of sp³-hybridized carbons (Fsp3) is 0.500. The number of methoxy groups -OCH3 is 1. The van der Waals surface area contributed by atoms with E-state index in [1.54, 1.807) is 26.0 Å². The van der Waals surface area contributed by atoms with Crippen molar-refractivity contribution in [3.63, 3.8) is 0 Å². The summed E-state index contributed by atoms with van der Waals surface area (Å²) >= 11 is 5.14. The van der Waals surface area contributed by atoms with Crippen LogP contribution in [0.5, 0.6) is 5.75 Å². The standard InChI is InChI=1S/C18H27N5O4S2/c1-5-23-15(20-21-18(23)28)10-11-19-17(24)16(12(2)3)22-29(25,26)14-8-6-13(27-4)7-9-14/h6-9,12,16,22H,5,10-11H2,1-4H3,(H,19,24)(H,21,28)/t16-/m0/s1. The summed E-state index contributed by atoms with van der Waals surface area (Å²) in [5.74, 6) is 0.646. The van der Waals surface area contributed by atoms with Crippen LogP contribution in [0, 0.1) is 10.7 Å². The molecular weight excluding hydrogens is 414 g/mol. The van der Waals surface area contributed by atoms with E-state index in [-0.39, 0.29) is 10.8 Å². The smallest absolute Gasteiger partial charge is 0.241 e. The highest BCUT2D eigenvalue weighted by molar-refractivity contribution is 7.89. The molecule has 3 N–H and O–H groups in total. The highest BCUT2D eigenvalue weighted by atomic mass is 32.2. The zero-order valence-corrected chi connectivity index (χ0v) is 18.6. The maximum absolute atomic E-state index is 12.7. The van der Waals surface area contributed by atoms with Gasteiger partial charge in [0.05, 0.1) is 12.0 Å². The molecular formula is C18H27N5O4S2. The zero-order valence-electron chi connectivity index (χ0n) is 16.9.